The first kappa shape index (κ1) is 10.4. The first-order valence-electron chi connectivity index (χ1n) is 4.42. The molecule has 14 heavy (non-hydrogen) atoms. The van der Waals surface area contributed by atoms with Crippen molar-refractivity contribution in [1.82, 2.24) is 5.32 Å². The molecule has 1 aromatic rings. The molecule has 3 heteroatoms. The first-order valence-corrected chi connectivity index (χ1v) is 4.42. The summed E-state index contributed by atoms with van der Waals surface area (Å²) in [6, 6.07) is 5.63. The van der Waals surface area contributed by atoms with Gasteiger partial charge in [-0.25, -0.2) is 0 Å². The zero-order valence-corrected chi connectivity index (χ0v) is 8.33. The van der Waals surface area contributed by atoms with E-state index in [1.165, 1.54) is 0 Å². The van der Waals surface area contributed by atoms with Gasteiger partial charge < -0.3 is 5.32 Å². The normalized spacial score (nSPS) is 9.57. The maximum atomic E-state index is 11.5. The minimum atomic E-state index is -0.0606. The monoisotopic (exact) mass is 191 g/mol. The summed E-state index contributed by atoms with van der Waals surface area (Å²) in [4.78, 5) is 21.5. The molecule has 1 amide bonds. The largest absolute Gasteiger partial charge is 0.351 e. The lowest BCUT2D eigenvalue weighted by Gasteiger charge is -2.04. The number of nitrogens with one attached hydrogen (secondary N) is 1. The molecular formula is C11H13NO2. The molecule has 1 N–H and O–H groups in total. The van der Waals surface area contributed by atoms with Crippen molar-refractivity contribution in [2.24, 2.45) is 0 Å². The lowest BCUT2D eigenvalue weighted by atomic mass is 10.0. The molecule has 0 aliphatic heterocycles. The molecule has 0 saturated carbocycles. The topological polar surface area (TPSA) is 46.2 Å². The summed E-state index contributed by atoms with van der Waals surface area (Å²) < 4.78 is 0. The summed E-state index contributed by atoms with van der Waals surface area (Å²) >= 11 is 0. The van der Waals surface area contributed by atoms with Crippen LogP contribution in [-0.2, 0) is 4.79 Å². The zero-order valence-electron chi connectivity index (χ0n) is 8.33. The van der Waals surface area contributed by atoms with E-state index in [-0.39, 0.29) is 12.3 Å². The molecule has 0 radical (unpaired) electrons. The van der Waals surface area contributed by atoms with Crippen LogP contribution in [0.1, 0.15) is 21.5 Å². The Balaban J connectivity index is 2.84. The minimum Gasteiger partial charge on any atom is -0.351 e. The number of benzene rings is 1. The fraction of sp³-hybridized carbons (Fsp3) is 0.273. The van der Waals surface area contributed by atoms with Crippen LogP contribution in [0.5, 0.6) is 0 Å². The molecule has 0 heterocycles. The van der Waals surface area contributed by atoms with Crippen molar-refractivity contribution in [2.75, 3.05) is 6.54 Å². The molecular weight excluding hydrogens is 178 g/mol. The van der Waals surface area contributed by atoms with Crippen LogP contribution in [0.25, 0.3) is 0 Å². The summed E-state index contributed by atoms with van der Waals surface area (Å²) in [6.07, 6.45) is 0.529. The lowest BCUT2D eigenvalue weighted by molar-refractivity contribution is -0.109. The molecule has 0 atom stereocenters. The van der Waals surface area contributed by atoms with Gasteiger partial charge in [-0.05, 0) is 19.4 Å². The Hall–Kier alpha value is -1.64. The highest BCUT2D eigenvalue weighted by atomic mass is 16.1. The third-order valence-electron chi connectivity index (χ3n) is 2.03. The maximum absolute atomic E-state index is 11.5. The smallest absolute Gasteiger partial charge is 0.207 e. The number of hydrogen-bond donors (Lipinski definition) is 1. The van der Waals surface area contributed by atoms with Gasteiger partial charge in [0.2, 0.25) is 6.41 Å². The van der Waals surface area contributed by atoms with E-state index in [2.05, 4.69) is 5.32 Å². The Morgan fingerprint density at radius 1 is 1.43 bits per heavy atom. The van der Waals surface area contributed by atoms with E-state index in [9.17, 15) is 9.59 Å². The van der Waals surface area contributed by atoms with Crippen LogP contribution >= 0.6 is 0 Å². The second kappa shape index (κ2) is 4.56. The quantitative estimate of drug-likeness (QED) is 0.574. The van der Waals surface area contributed by atoms with Gasteiger partial charge in [0.25, 0.3) is 0 Å². The maximum Gasteiger partial charge on any atom is 0.207 e. The molecule has 0 aliphatic carbocycles. The molecule has 0 saturated heterocycles. The van der Waals surface area contributed by atoms with Gasteiger partial charge in [-0.15, -0.1) is 0 Å². The van der Waals surface area contributed by atoms with Gasteiger partial charge in [-0.1, -0.05) is 23.8 Å². The van der Waals surface area contributed by atoms with E-state index < -0.39 is 0 Å². The number of carbonyl (C=O) groups is 2. The van der Waals surface area contributed by atoms with E-state index in [1.54, 1.807) is 6.07 Å². The summed E-state index contributed by atoms with van der Waals surface area (Å²) in [5, 5.41) is 2.36. The van der Waals surface area contributed by atoms with E-state index in [1.807, 2.05) is 26.0 Å². The molecule has 1 rings (SSSR count). The second-order valence-corrected chi connectivity index (χ2v) is 3.24. The van der Waals surface area contributed by atoms with Crippen LogP contribution in [0.2, 0.25) is 0 Å². The molecule has 0 aliphatic rings. The van der Waals surface area contributed by atoms with Crippen LogP contribution < -0.4 is 5.32 Å². The number of carbonyl (C=O) groups excluding carboxylic acids is 2. The third-order valence-corrected chi connectivity index (χ3v) is 2.03. The average Bonchev–Trinajstić information content (AvgIpc) is 2.14. The highest BCUT2D eigenvalue weighted by Crippen LogP contribution is 2.10. The summed E-state index contributed by atoms with van der Waals surface area (Å²) in [5.41, 5.74) is 2.75. The fourth-order valence-electron chi connectivity index (χ4n) is 1.36. The first-order chi connectivity index (χ1) is 6.65. The second-order valence-electron chi connectivity index (χ2n) is 3.24. The van der Waals surface area contributed by atoms with E-state index >= 15 is 0 Å². The molecule has 0 spiro atoms. The van der Waals surface area contributed by atoms with Gasteiger partial charge in [-0.2, -0.15) is 0 Å². The highest BCUT2D eigenvalue weighted by molar-refractivity contribution is 5.99. The zero-order chi connectivity index (χ0) is 10.6. The molecule has 0 aromatic heterocycles. The van der Waals surface area contributed by atoms with E-state index in [0.29, 0.717) is 12.0 Å². The molecule has 0 fully saturated rings. The number of hydrogen-bond acceptors (Lipinski definition) is 2. The van der Waals surface area contributed by atoms with Gasteiger partial charge in [-0.3, -0.25) is 9.59 Å². The van der Waals surface area contributed by atoms with Crippen LogP contribution in [0.4, 0.5) is 0 Å². The average molecular weight is 191 g/mol. The number of Topliss-reactive ketones (excluding diaryl/α,β-unsaturated/α-hetero) is 1. The van der Waals surface area contributed by atoms with Crippen LogP contribution in [-0.4, -0.2) is 18.7 Å². The lowest BCUT2D eigenvalue weighted by Crippen LogP contribution is -2.21. The Bertz CT molecular complexity index is 358. The van der Waals surface area contributed by atoms with Gasteiger partial charge >= 0.3 is 0 Å². The molecule has 0 unspecified atom stereocenters. The van der Waals surface area contributed by atoms with Gasteiger partial charge in [0.1, 0.15) is 0 Å². The number of aryl methyl sites for hydroxylation is 2. The number of amides is 1. The van der Waals surface area contributed by atoms with E-state index in [0.717, 1.165) is 11.1 Å². The third kappa shape index (κ3) is 2.42. The highest BCUT2D eigenvalue weighted by Gasteiger charge is 2.07. The van der Waals surface area contributed by atoms with Gasteiger partial charge in [0.15, 0.2) is 5.78 Å². The fourth-order valence-corrected chi connectivity index (χ4v) is 1.36. The van der Waals surface area contributed by atoms with Crippen molar-refractivity contribution in [3.05, 3.63) is 34.9 Å². The Labute approximate surface area is 83.1 Å². The summed E-state index contributed by atoms with van der Waals surface area (Å²) in [6.45, 7) is 3.93. The Morgan fingerprint density at radius 3 is 2.71 bits per heavy atom. The van der Waals surface area contributed by atoms with Gasteiger partial charge in [0.05, 0.1) is 6.54 Å². The molecule has 74 valence electrons. The molecule has 3 nitrogen and oxygen atoms in total. The van der Waals surface area contributed by atoms with Crippen LogP contribution in [0.15, 0.2) is 18.2 Å². The molecule has 1 aromatic carbocycles. The molecule has 0 bridgehead atoms. The number of rotatable bonds is 4. The van der Waals surface area contributed by atoms with Gasteiger partial charge in [0, 0.05) is 5.56 Å². The van der Waals surface area contributed by atoms with E-state index in [4.69, 9.17) is 0 Å². The summed E-state index contributed by atoms with van der Waals surface area (Å²) in [5.74, 6) is -0.0606. The predicted molar refractivity (Wildman–Crippen MR) is 54.3 cm³/mol. The van der Waals surface area contributed by atoms with Crippen molar-refractivity contribution in [3.8, 4) is 0 Å². The Kier molecular flexibility index (Phi) is 3.40. The van der Waals surface area contributed by atoms with Crippen LogP contribution in [0, 0.1) is 13.8 Å². The van der Waals surface area contributed by atoms with Crippen molar-refractivity contribution in [1.29, 1.82) is 0 Å². The standard InChI is InChI=1S/C11H13NO2/c1-8-3-4-10(9(2)5-8)11(14)6-12-7-13/h3-5,7H,6H2,1-2H3,(H,12,13). The van der Waals surface area contributed by atoms with Crippen molar-refractivity contribution in [3.63, 3.8) is 0 Å². The number of ketones is 1. The van der Waals surface area contributed by atoms with Crippen LogP contribution in [0.3, 0.4) is 0 Å². The summed E-state index contributed by atoms with van der Waals surface area (Å²) in [7, 11) is 0. The minimum absolute atomic E-state index is 0.0606. The van der Waals surface area contributed by atoms with Crippen molar-refractivity contribution in [2.45, 2.75) is 13.8 Å². The SMILES string of the molecule is Cc1ccc(C(=O)CNC=O)c(C)c1. The predicted octanol–water partition coefficient (Wildman–Crippen LogP) is 1.23. The van der Waals surface area contributed by atoms with Crippen molar-refractivity contribution >= 4 is 12.2 Å². The van der Waals surface area contributed by atoms with Crippen molar-refractivity contribution < 1.29 is 9.59 Å². The Morgan fingerprint density at radius 2 is 2.14 bits per heavy atom.